The summed E-state index contributed by atoms with van der Waals surface area (Å²) in [5.74, 6) is 0.254. The van der Waals surface area contributed by atoms with Gasteiger partial charge in [0.15, 0.2) is 5.82 Å². The Balaban J connectivity index is 1.35. The van der Waals surface area contributed by atoms with Crippen LogP contribution >= 0.6 is 0 Å². The third-order valence-corrected chi connectivity index (χ3v) is 6.54. The molecule has 0 N–H and O–H groups in total. The Morgan fingerprint density at radius 2 is 1.86 bits per heavy atom. The lowest BCUT2D eigenvalue weighted by Crippen LogP contribution is -2.47. The fraction of sp³-hybridized carbons (Fsp3) is 0.538. The Bertz CT molecular complexity index is 993. The van der Waals surface area contributed by atoms with Crippen LogP contribution in [0.3, 0.4) is 0 Å². The number of rotatable bonds is 7. The molecule has 0 spiro atoms. The number of aromatic nitrogens is 2. The van der Waals surface area contributed by atoms with Crippen molar-refractivity contribution in [2.75, 3.05) is 50.8 Å². The Kier molecular flexibility index (Phi) is 8.28. The molecule has 2 aromatic rings. The molecule has 1 atom stereocenters. The molecule has 1 aromatic carbocycles. The molecule has 0 aliphatic carbocycles. The van der Waals surface area contributed by atoms with Crippen molar-refractivity contribution in [3.8, 4) is 11.3 Å². The zero-order valence-corrected chi connectivity index (χ0v) is 20.5. The summed E-state index contributed by atoms with van der Waals surface area (Å²) in [5.41, 5.74) is 1.49. The van der Waals surface area contributed by atoms with E-state index in [9.17, 15) is 14.0 Å². The molecular weight excluding hydrogens is 449 g/mol. The summed E-state index contributed by atoms with van der Waals surface area (Å²) < 4.78 is 18.9. The summed E-state index contributed by atoms with van der Waals surface area (Å²) in [6.45, 7) is 7.60. The lowest BCUT2D eigenvalue weighted by atomic mass is 10.1. The molecule has 2 aliphatic rings. The van der Waals surface area contributed by atoms with E-state index in [4.69, 9.17) is 4.74 Å². The molecule has 3 heterocycles. The normalized spacial score (nSPS) is 18.6. The number of amides is 2. The molecule has 9 heteroatoms. The van der Waals surface area contributed by atoms with Crippen LogP contribution in [-0.2, 0) is 14.3 Å². The summed E-state index contributed by atoms with van der Waals surface area (Å²) in [4.78, 5) is 31.5. The molecule has 2 fully saturated rings. The van der Waals surface area contributed by atoms with Gasteiger partial charge in [-0.05, 0) is 55.7 Å². The van der Waals surface area contributed by atoms with Gasteiger partial charge >= 0.3 is 0 Å². The van der Waals surface area contributed by atoms with Crippen molar-refractivity contribution in [3.63, 3.8) is 0 Å². The van der Waals surface area contributed by atoms with E-state index in [1.165, 1.54) is 12.1 Å². The fourth-order valence-corrected chi connectivity index (χ4v) is 4.56. The molecule has 188 valence electrons. The predicted octanol–water partition coefficient (Wildman–Crippen LogP) is 2.99. The molecule has 0 bridgehead atoms. The monoisotopic (exact) mass is 483 g/mol. The van der Waals surface area contributed by atoms with E-state index in [-0.39, 0.29) is 36.2 Å². The van der Waals surface area contributed by atoms with Crippen LogP contribution in [0.1, 0.15) is 33.1 Å². The van der Waals surface area contributed by atoms with Gasteiger partial charge in [-0.2, -0.15) is 0 Å². The average molecular weight is 484 g/mol. The van der Waals surface area contributed by atoms with Crippen molar-refractivity contribution in [1.82, 2.24) is 20.0 Å². The zero-order valence-electron chi connectivity index (χ0n) is 20.5. The van der Waals surface area contributed by atoms with Crippen LogP contribution < -0.4 is 4.90 Å². The summed E-state index contributed by atoms with van der Waals surface area (Å²) in [5, 5.41) is 8.68. The van der Waals surface area contributed by atoms with Crippen LogP contribution in [0, 0.1) is 11.7 Å². The smallest absolute Gasteiger partial charge is 0.242 e. The number of carbonyl (C=O) groups excluding carboxylic acids is 2. The van der Waals surface area contributed by atoms with Crippen LogP contribution in [0.25, 0.3) is 11.3 Å². The third-order valence-electron chi connectivity index (χ3n) is 6.54. The Morgan fingerprint density at radius 3 is 2.51 bits per heavy atom. The first kappa shape index (κ1) is 25.0. The van der Waals surface area contributed by atoms with Crippen molar-refractivity contribution >= 4 is 17.6 Å². The third kappa shape index (κ3) is 6.54. The SMILES string of the molecule is CC(C)C(=O)N(CC(=O)N1CCCN(c2ccc(-c3ccc(F)cc3)nn2)CC1)C[C@H]1CCCO1. The molecule has 0 radical (unpaired) electrons. The van der Waals surface area contributed by atoms with Crippen LogP contribution in [-0.4, -0.2) is 83.8 Å². The van der Waals surface area contributed by atoms with Crippen molar-refractivity contribution < 1.29 is 18.7 Å². The highest BCUT2D eigenvalue weighted by Gasteiger charge is 2.28. The van der Waals surface area contributed by atoms with Gasteiger partial charge in [0.05, 0.1) is 18.3 Å². The van der Waals surface area contributed by atoms with Crippen LogP contribution in [0.2, 0.25) is 0 Å². The van der Waals surface area contributed by atoms with Gasteiger partial charge in [-0.3, -0.25) is 9.59 Å². The highest BCUT2D eigenvalue weighted by atomic mass is 19.1. The Hall–Kier alpha value is -3.07. The minimum atomic E-state index is -0.287. The molecule has 2 saturated heterocycles. The number of benzene rings is 1. The maximum atomic E-state index is 13.2. The molecule has 2 amide bonds. The van der Waals surface area contributed by atoms with Crippen molar-refractivity contribution in [1.29, 1.82) is 0 Å². The maximum Gasteiger partial charge on any atom is 0.242 e. The molecule has 0 saturated carbocycles. The molecular formula is C26H34FN5O3. The zero-order chi connectivity index (χ0) is 24.8. The van der Waals surface area contributed by atoms with Crippen molar-refractivity contribution in [2.45, 2.75) is 39.2 Å². The van der Waals surface area contributed by atoms with Gasteiger partial charge in [0, 0.05) is 50.8 Å². The van der Waals surface area contributed by atoms with Gasteiger partial charge in [-0.1, -0.05) is 13.8 Å². The number of halogens is 1. The second-order valence-corrected chi connectivity index (χ2v) is 9.51. The number of nitrogens with zero attached hydrogens (tertiary/aromatic N) is 5. The molecule has 2 aliphatic heterocycles. The highest BCUT2D eigenvalue weighted by molar-refractivity contribution is 5.85. The number of carbonyl (C=O) groups is 2. The van der Waals surface area contributed by atoms with Crippen LogP contribution in [0.15, 0.2) is 36.4 Å². The van der Waals surface area contributed by atoms with Gasteiger partial charge in [-0.25, -0.2) is 4.39 Å². The highest BCUT2D eigenvalue weighted by Crippen LogP contribution is 2.20. The molecule has 35 heavy (non-hydrogen) atoms. The van der Waals surface area contributed by atoms with Crippen LogP contribution in [0.4, 0.5) is 10.2 Å². The second kappa shape index (κ2) is 11.6. The Labute approximate surface area is 206 Å². The largest absolute Gasteiger partial charge is 0.376 e. The van der Waals surface area contributed by atoms with E-state index in [2.05, 4.69) is 15.1 Å². The standard InChI is InChI=1S/C26H34FN5O3/c1-19(2)26(34)32(17-22-5-3-16-35-22)18-25(33)31-13-4-12-30(14-15-31)24-11-10-23(28-29-24)20-6-8-21(27)9-7-20/h6-11,19,22H,3-5,12-18H2,1-2H3/t22-/m1/s1. The molecule has 1 aromatic heterocycles. The molecule has 4 rings (SSSR count). The lowest BCUT2D eigenvalue weighted by Gasteiger charge is -2.29. The first-order chi connectivity index (χ1) is 16.9. The summed E-state index contributed by atoms with van der Waals surface area (Å²) in [6, 6.07) is 9.96. The van der Waals surface area contributed by atoms with Gasteiger partial charge < -0.3 is 19.4 Å². The summed E-state index contributed by atoms with van der Waals surface area (Å²) in [6.07, 6.45) is 2.74. The first-order valence-corrected chi connectivity index (χ1v) is 12.4. The van der Waals surface area contributed by atoms with Gasteiger partial charge in [0.25, 0.3) is 0 Å². The van der Waals surface area contributed by atoms with Crippen molar-refractivity contribution in [3.05, 3.63) is 42.2 Å². The quantitative estimate of drug-likeness (QED) is 0.603. The minimum absolute atomic E-state index is 0.0122. The number of ether oxygens (including phenoxy) is 1. The van der Waals surface area contributed by atoms with E-state index in [0.717, 1.165) is 43.8 Å². The second-order valence-electron chi connectivity index (χ2n) is 9.51. The van der Waals surface area contributed by atoms with E-state index in [1.807, 2.05) is 30.9 Å². The topological polar surface area (TPSA) is 78.9 Å². The molecule has 8 nitrogen and oxygen atoms in total. The average Bonchev–Trinajstić information content (AvgIpc) is 3.25. The first-order valence-electron chi connectivity index (χ1n) is 12.4. The predicted molar refractivity (Wildman–Crippen MR) is 131 cm³/mol. The van der Waals surface area contributed by atoms with E-state index in [1.54, 1.807) is 17.0 Å². The lowest BCUT2D eigenvalue weighted by molar-refractivity contribution is -0.143. The fourth-order valence-electron chi connectivity index (χ4n) is 4.56. The van der Waals surface area contributed by atoms with E-state index >= 15 is 0 Å². The number of anilines is 1. The van der Waals surface area contributed by atoms with Gasteiger partial charge in [0.2, 0.25) is 11.8 Å². The maximum absolute atomic E-state index is 13.2. The van der Waals surface area contributed by atoms with Crippen LogP contribution in [0.5, 0.6) is 0 Å². The van der Waals surface area contributed by atoms with Crippen molar-refractivity contribution in [2.24, 2.45) is 5.92 Å². The molecule has 0 unspecified atom stereocenters. The van der Waals surface area contributed by atoms with Gasteiger partial charge in [-0.15, -0.1) is 10.2 Å². The van der Waals surface area contributed by atoms with E-state index in [0.29, 0.717) is 31.9 Å². The van der Waals surface area contributed by atoms with E-state index < -0.39 is 0 Å². The summed E-state index contributed by atoms with van der Waals surface area (Å²) >= 11 is 0. The summed E-state index contributed by atoms with van der Waals surface area (Å²) in [7, 11) is 0. The number of hydrogen-bond donors (Lipinski definition) is 0. The number of hydrogen-bond acceptors (Lipinski definition) is 6. The minimum Gasteiger partial charge on any atom is -0.376 e. The Morgan fingerprint density at radius 1 is 1.06 bits per heavy atom. The van der Waals surface area contributed by atoms with Gasteiger partial charge in [0.1, 0.15) is 5.82 Å².